The van der Waals surface area contributed by atoms with Gasteiger partial charge in [0.2, 0.25) is 0 Å². The molecule has 2 N–H and O–H groups in total. The van der Waals surface area contributed by atoms with Crippen molar-refractivity contribution in [3.05, 3.63) is 59.2 Å². The molecule has 0 saturated carbocycles. The van der Waals surface area contributed by atoms with Gasteiger partial charge < -0.3 is 10.4 Å². The highest BCUT2D eigenvalue weighted by Gasteiger charge is 2.26. The normalized spacial score (nSPS) is 11.7. The van der Waals surface area contributed by atoms with Crippen LogP contribution in [0.4, 0.5) is 0 Å². The fraction of sp³-hybridized carbons (Fsp3) is 0.200. The van der Waals surface area contributed by atoms with Crippen LogP contribution in [-0.4, -0.2) is 27.0 Å². The van der Waals surface area contributed by atoms with E-state index in [2.05, 4.69) is 15.3 Å². The van der Waals surface area contributed by atoms with E-state index in [0.717, 1.165) is 0 Å². The van der Waals surface area contributed by atoms with E-state index in [0.29, 0.717) is 17.0 Å². The van der Waals surface area contributed by atoms with Crippen molar-refractivity contribution >= 4 is 11.9 Å². The van der Waals surface area contributed by atoms with Crippen molar-refractivity contribution in [2.75, 3.05) is 0 Å². The molecular weight excluding hydrogens is 270 g/mol. The molecule has 1 aromatic carbocycles. The van der Waals surface area contributed by atoms with E-state index in [9.17, 15) is 14.7 Å². The maximum atomic E-state index is 12.1. The Kier molecular flexibility index (Phi) is 4.27. The lowest BCUT2D eigenvalue weighted by atomic mass is 10.1. The van der Waals surface area contributed by atoms with Gasteiger partial charge in [0.25, 0.3) is 5.91 Å². The zero-order valence-electron chi connectivity index (χ0n) is 11.7. The molecular formula is C15H15N3O3. The van der Waals surface area contributed by atoms with E-state index in [1.54, 1.807) is 44.2 Å². The van der Waals surface area contributed by atoms with Crippen molar-refractivity contribution < 1.29 is 14.7 Å². The fourth-order valence-corrected chi connectivity index (χ4v) is 1.94. The van der Waals surface area contributed by atoms with Gasteiger partial charge in [0.1, 0.15) is 0 Å². The number of benzene rings is 1. The Morgan fingerprint density at radius 2 is 1.86 bits per heavy atom. The lowest BCUT2D eigenvalue weighted by Gasteiger charge is -2.15. The number of hydrogen-bond donors (Lipinski definition) is 2. The van der Waals surface area contributed by atoms with Gasteiger partial charge in [-0.25, -0.2) is 4.79 Å². The molecule has 21 heavy (non-hydrogen) atoms. The molecule has 1 amide bonds. The number of aryl methyl sites for hydroxylation is 2. The molecule has 2 aromatic rings. The Balaban J connectivity index is 2.28. The summed E-state index contributed by atoms with van der Waals surface area (Å²) < 4.78 is 0. The minimum atomic E-state index is -1.23. The standard InChI is InChI=1S/C15H15N3O3/c1-9-8-16-12(10(2)17-9)13(15(20)21)18-14(19)11-6-4-3-5-7-11/h3-8,13H,1-2H3,(H,18,19)(H,20,21). The topological polar surface area (TPSA) is 92.2 Å². The minimum Gasteiger partial charge on any atom is -0.479 e. The molecule has 1 heterocycles. The Bertz CT molecular complexity index is 671. The first-order chi connectivity index (χ1) is 9.99. The predicted octanol–water partition coefficient (Wildman–Crippen LogP) is 1.65. The van der Waals surface area contributed by atoms with Crippen molar-refractivity contribution in [3.63, 3.8) is 0 Å². The number of amides is 1. The van der Waals surface area contributed by atoms with E-state index < -0.39 is 17.9 Å². The Morgan fingerprint density at radius 1 is 1.19 bits per heavy atom. The van der Waals surface area contributed by atoms with Gasteiger partial charge >= 0.3 is 5.97 Å². The molecule has 6 heteroatoms. The zero-order valence-corrected chi connectivity index (χ0v) is 11.7. The summed E-state index contributed by atoms with van der Waals surface area (Å²) in [7, 11) is 0. The van der Waals surface area contributed by atoms with E-state index in [4.69, 9.17) is 0 Å². The van der Waals surface area contributed by atoms with Crippen molar-refractivity contribution in [3.8, 4) is 0 Å². The summed E-state index contributed by atoms with van der Waals surface area (Å²) in [5.41, 5.74) is 1.80. The van der Waals surface area contributed by atoms with Gasteiger partial charge in [0, 0.05) is 11.8 Å². The van der Waals surface area contributed by atoms with Gasteiger partial charge in [-0.2, -0.15) is 0 Å². The first kappa shape index (κ1) is 14.6. The zero-order chi connectivity index (χ0) is 15.4. The summed E-state index contributed by atoms with van der Waals surface area (Å²) in [6.07, 6.45) is 1.48. The van der Waals surface area contributed by atoms with Crippen LogP contribution in [0.5, 0.6) is 0 Å². The van der Waals surface area contributed by atoms with Gasteiger partial charge in [0.15, 0.2) is 6.04 Å². The number of aromatic nitrogens is 2. The highest BCUT2D eigenvalue weighted by atomic mass is 16.4. The predicted molar refractivity (Wildman–Crippen MR) is 75.8 cm³/mol. The molecule has 0 aliphatic carbocycles. The van der Waals surface area contributed by atoms with Gasteiger partial charge in [-0.15, -0.1) is 0 Å². The monoisotopic (exact) mass is 285 g/mol. The summed E-state index contributed by atoms with van der Waals surface area (Å²) in [5.74, 6) is -1.65. The van der Waals surface area contributed by atoms with E-state index in [1.165, 1.54) is 6.20 Å². The van der Waals surface area contributed by atoms with Crippen LogP contribution in [0.1, 0.15) is 33.5 Å². The molecule has 2 rings (SSSR count). The molecule has 0 aliphatic heterocycles. The lowest BCUT2D eigenvalue weighted by Crippen LogP contribution is -2.35. The highest BCUT2D eigenvalue weighted by Crippen LogP contribution is 2.15. The molecule has 0 saturated heterocycles. The third-order valence-corrected chi connectivity index (χ3v) is 2.94. The van der Waals surface area contributed by atoms with Crippen LogP contribution in [0, 0.1) is 13.8 Å². The fourth-order valence-electron chi connectivity index (χ4n) is 1.94. The number of hydrogen-bond acceptors (Lipinski definition) is 4. The molecule has 108 valence electrons. The molecule has 0 aliphatic rings. The van der Waals surface area contributed by atoms with Crippen LogP contribution < -0.4 is 5.32 Å². The summed E-state index contributed by atoms with van der Waals surface area (Å²) in [6.45, 7) is 3.43. The van der Waals surface area contributed by atoms with Crippen molar-refractivity contribution in [1.29, 1.82) is 0 Å². The smallest absolute Gasteiger partial charge is 0.332 e. The second kappa shape index (κ2) is 6.13. The summed E-state index contributed by atoms with van der Waals surface area (Å²) in [5, 5.41) is 11.8. The van der Waals surface area contributed by atoms with Gasteiger partial charge in [-0.05, 0) is 26.0 Å². The molecule has 0 radical (unpaired) electrons. The van der Waals surface area contributed by atoms with Crippen LogP contribution in [0.3, 0.4) is 0 Å². The average molecular weight is 285 g/mol. The van der Waals surface area contributed by atoms with Crippen LogP contribution in [0.2, 0.25) is 0 Å². The molecule has 1 atom stereocenters. The molecule has 6 nitrogen and oxygen atoms in total. The molecule has 1 unspecified atom stereocenters. The van der Waals surface area contributed by atoms with E-state index >= 15 is 0 Å². The van der Waals surface area contributed by atoms with Crippen LogP contribution >= 0.6 is 0 Å². The maximum absolute atomic E-state index is 12.1. The quantitative estimate of drug-likeness (QED) is 0.891. The van der Waals surface area contributed by atoms with Crippen molar-refractivity contribution in [2.45, 2.75) is 19.9 Å². The third-order valence-electron chi connectivity index (χ3n) is 2.94. The molecule has 1 aromatic heterocycles. The first-order valence-electron chi connectivity index (χ1n) is 6.38. The van der Waals surface area contributed by atoms with Gasteiger partial charge in [-0.1, -0.05) is 18.2 Å². The summed E-state index contributed by atoms with van der Waals surface area (Å²) in [4.78, 5) is 31.8. The largest absolute Gasteiger partial charge is 0.479 e. The van der Waals surface area contributed by atoms with Crippen LogP contribution in [0.15, 0.2) is 36.5 Å². The third kappa shape index (κ3) is 3.42. The Hall–Kier alpha value is -2.76. The molecule has 0 bridgehead atoms. The number of carbonyl (C=O) groups is 2. The second-order valence-corrected chi connectivity index (χ2v) is 4.59. The summed E-state index contributed by atoms with van der Waals surface area (Å²) >= 11 is 0. The van der Waals surface area contributed by atoms with Crippen molar-refractivity contribution in [2.24, 2.45) is 0 Å². The number of aliphatic carboxylic acids is 1. The minimum absolute atomic E-state index is 0.234. The average Bonchev–Trinajstić information content (AvgIpc) is 2.46. The van der Waals surface area contributed by atoms with E-state index in [1.807, 2.05) is 0 Å². The number of carboxylic acids is 1. The number of nitrogens with one attached hydrogen (secondary N) is 1. The van der Waals surface area contributed by atoms with Gasteiger partial charge in [-0.3, -0.25) is 14.8 Å². The number of carbonyl (C=O) groups excluding carboxylic acids is 1. The first-order valence-corrected chi connectivity index (χ1v) is 6.38. The maximum Gasteiger partial charge on any atom is 0.332 e. The summed E-state index contributed by atoms with van der Waals surface area (Å²) in [6, 6.07) is 7.19. The van der Waals surface area contributed by atoms with Crippen LogP contribution in [0.25, 0.3) is 0 Å². The van der Waals surface area contributed by atoms with Gasteiger partial charge in [0.05, 0.1) is 17.1 Å². The number of carboxylic acid groups (broad SMARTS) is 1. The Morgan fingerprint density at radius 3 is 2.43 bits per heavy atom. The SMILES string of the molecule is Cc1cnc(C(NC(=O)c2ccccc2)C(=O)O)c(C)n1. The second-order valence-electron chi connectivity index (χ2n) is 4.59. The Labute approximate surface area is 121 Å². The molecule has 0 fully saturated rings. The number of nitrogens with zero attached hydrogens (tertiary/aromatic N) is 2. The lowest BCUT2D eigenvalue weighted by molar-refractivity contribution is -0.139. The van der Waals surface area contributed by atoms with Crippen molar-refractivity contribution in [1.82, 2.24) is 15.3 Å². The van der Waals surface area contributed by atoms with Crippen LogP contribution in [-0.2, 0) is 4.79 Å². The number of rotatable bonds is 4. The highest BCUT2D eigenvalue weighted by molar-refractivity contribution is 5.96. The molecule has 0 spiro atoms. The van der Waals surface area contributed by atoms with E-state index in [-0.39, 0.29) is 5.69 Å².